The number of amides is 1. The molecule has 1 aromatic carbocycles. The zero-order valence-corrected chi connectivity index (χ0v) is 12.5. The number of hydrogen-bond acceptors (Lipinski definition) is 4. The number of rotatable bonds is 5. The molecule has 0 spiro atoms. The fourth-order valence-electron chi connectivity index (χ4n) is 1.83. The van der Waals surface area contributed by atoms with E-state index in [9.17, 15) is 9.59 Å². The van der Waals surface area contributed by atoms with Crippen LogP contribution in [0, 0.1) is 0 Å². The van der Waals surface area contributed by atoms with Crippen LogP contribution in [-0.2, 0) is 6.42 Å². The second-order valence-electron chi connectivity index (χ2n) is 4.29. The van der Waals surface area contributed by atoms with E-state index < -0.39 is 5.97 Å². The minimum atomic E-state index is -1.07. The number of carbonyl (C=O) groups excluding carboxylic acids is 1. The molecule has 1 amide bonds. The number of benzene rings is 1. The lowest BCUT2D eigenvalue weighted by Crippen LogP contribution is -2.10. The predicted octanol–water partition coefficient (Wildman–Crippen LogP) is 3.27. The molecule has 6 heteroatoms. The highest BCUT2D eigenvalue weighted by Gasteiger charge is 2.14. The second kappa shape index (κ2) is 6.41. The van der Waals surface area contributed by atoms with Crippen LogP contribution in [0.5, 0.6) is 5.75 Å². The third-order valence-electron chi connectivity index (χ3n) is 2.92. The number of carbonyl (C=O) groups is 2. The van der Waals surface area contributed by atoms with E-state index in [1.807, 2.05) is 13.0 Å². The molecule has 0 bridgehead atoms. The molecule has 0 saturated heterocycles. The van der Waals surface area contributed by atoms with E-state index in [-0.39, 0.29) is 17.2 Å². The van der Waals surface area contributed by atoms with Gasteiger partial charge in [-0.1, -0.05) is 6.92 Å². The minimum absolute atomic E-state index is 0.0555. The minimum Gasteiger partial charge on any atom is -0.496 e. The van der Waals surface area contributed by atoms with Gasteiger partial charge in [0.05, 0.1) is 12.0 Å². The molecule has 1 heterocycles. The predicted molar refractivity (Wildman–Crippen MR) is 81.6 cm³/mol. The highest BCUT2D eigenvalue weighted by Crippen LogP contribution is 2.24. The monoisotopic (exact) mass is 305 g/mol. The van der Waals surface area contributed by atoms with Gasteiger partial charge in [0.1, 0.15) is 11.3 Å². The van der Waals surface area contributed by atoms with Gasteiger partial charge in [0, 0.05) is 16.6 Å². The topological polar surface area (TPSA) is 75.6 Å². The molecule has 2 rings (SSSR count). The van der Waals surface area contributed by atoms with E-state index in [0.29, 0.717) is 10.6 Å². The molecule has 5 nitrogen and oxygen atoms in total. The lowest BCUT2D eigenvalue weighted by molar-refractivity contribution is 0.0693. The van der Waals surface area contributed by atoms with Crippen LogP contribution in [0.25, 0.3) is 0 Å². The van der Waals surface area contributed by atoms with E-state index in [1.165, 1.54) is 36.6 Å². The molecule has 0 atom stereocenters. The molecule has 0 aliphatic heterocycles. The van der Waals surface area contributed by atoms with Crippen molar-refractivity contribution in [1.82, 2.24) is 0 Å². The number of thiophene rings is 1. The Bertz CT molecular complexity index is 678. The Morgan fingerprint density at radius 3 is 2.62 bits per heavy atom. The first kappa shape index (κ1) is 15.1. The molecule has 0 radical (unpaired) electrons. The maximum absolute atomic E-state index is 12.1. The molecule has 21 heavy (non-hydrogen) atoms. The van der Waals surface area contributed by atoms with Crippen molar-refractivity contribution in [2.24, 2.45) is 0 Å². The van der Waals surface area contributed by atoms with Gasteiger partial charge in [0.25, 0.3) is 5.91 Å². The summed E-state index contributed by atoms with van der Waals surface area (Å²) in [7, 11) is 1.39. The van der Waals surface area contributed by atoms with Crippen LogP contribution in [0.2, 0.25) is 0 Å². The Morgan fingerprint density at radius 1 is 1.29 bits per heavy atom. The summed E-state index contributed by atoms with van der Waals surface area (Å²) in [5, 5.41) is 11.7. The summed E-state index contributed by atoms with van der Waals surface area (Å²) in [5.74, 6) is -1.08. The van der Waals surface area contributed by atoms with Crippen molar-refractivity contribution in [3.05, 3.63) is 45.6 Å². The van der Waals surface area contributed by atoms with Crippen molar-refractivity contribution in [3.8, 4) is 5.75 Å². The number of ether oxygens (including phenoxy) is 1. The third-order valence-corrected chi connectivity index (χ3v) is 4.15. The van der Waals surface area contributed by atoms with Crippen LogP contribution in [0.3, 0.4) is 0 Å². The number of carboxylic acids is 1. The Labute approximate surface area is 126 Å². The second-order valence-corrected chi connectivity index (χ2v) is 5.46. The number of anilines is 1. The summed E-state index contributed by atoms with van der Waals surface area (Å²) in [4.78, 5) is 24.9. The molecular weight excluding hydrogens is 290 g/mol. The summed E-state index contributed by atoms with van der Waals surface area (Å²) in [6.07, 6.45) is 0.888. The number of methoxy groups -OCH3 is 1. The van der Waals surface area contributed by atoms with Crippen LogP contribution >= 0.6 is 11.3 Å². The Balaban J connectivity index is 2.19. The van der Waals surface area contributed by atoms with Gasteiger partial charge in [-0.15, -0.1) is 11.3 Å². The first-order valence-electron chi connectivity index (χ1n) is 6.36. The van der Waals surface area contributed by atoms with Gasteiger partial charge in [-0.25, -0.2) is 4.79 Å². The van der Waals surface area contributed by atoms with Gasteiger partial charge in [-0.2, -0.15) is 0 Å². The van der Waals surface area contributed by atoms with E-state index in [2.05, 4.69) is 5.32 Å². The summed E-state index contributed by atoms with van der Waals surface area (Å²) >= 11 is 1.44. The quantitative estimate of drug-likeness (QED) is 0.889. The zero-order valence-electron chi connectivity index (χ0n) is 11.7. The molecule has 0 aliphatic rings. The van der Waals surface area contributed by atoms with Crippen molar-refractivity contribution >= 4 is 28.9 Å². The summed E-state index contributed by atoms with van der Waals surface area (Å²) in [6.45, 7) is 2.03. The average Bonchev–Trinajstić information content (AvgIpc) is 2.95. The highest BCUT2D eigenvalue weighted by molar-refractivity contribution is 7.14. The fourth-order valence-corrected chi connectivity index (χ4v) is 2.67. The van der Waals surface area contributed by atoms with Gasteiger partial charge < -0.3 is 15.2 Å². The van der Waals surface area contributed by atoms with Crippen LogP contribution in [0.1, 0.15) is 31.8 Å². The standard InChI is InChI=1S/C15H15NO4S/c1-3-10-5-7-13(21-10)14(17)16-9-4-6-11(15(18)19)12(8-9)20-2/h4-8H,3H2,1-2H3,(H,16,17)(H,18,19). The molecule has 2 aromatic rings. The molecule has 110 valence electrons. The Kier molecular flexibility index (Phi) is 4.59. The first-order chi connectivity index (χ1) is 10.0. The maximum atomic E-state index is 12.1. The van der Waals surface area contributed by atoms with E-state index in [1.54, 1.807) is 6.07 Å². The average molecular weight is 305 g/mol. The van der Waals surface area contributed by atoms with E-state index in [0.717, 1.165) is 11.3 Å². The fraction of sp³-hybridized carbons (Fsp3) is 0.200. The van der Waals surface area contributed by atoms with Gasteiger partial charge in [0.15, 0.2) is 0 Å². The van der Waals surface area contributed by atoms with E-state index >= 15 is 0 Å². The maximum Gasteiger partial charge on any atom is 0.339 e. The lowest BCUT2D eigenvalue weighted by atomic mass is 10.2. The molecular formula is C15H15NO4S. The molecule has 2 N–H and O–H groups in total. The number of nitrogens with one attached hydrogen (secondary N) is 1. The summed E-state index contributed by atoms with van der Waals surface area (Å²) in [5.41, 5.74) is 0.549. The van der Waals surface area contributed by atoms with Crippen molar-refractivity contribution in [3.63, 3.8) is 0 Å². The number of aromatic carboxylic acids is 1. The van der Waals surface area contributed by atoms with Crippen molar-refractivity contribution in [2.75, 3.05) is 12.4 Å². The van der Waals surface area contributed by atoms with Gasteiger partial charge in [0.2, 0.25) is 0 Å². The third kappa shape index (κ3) is 3.41. The van der Waals surface area contributed by atoms with E-state index in [4.69, 9.17) is 9.84 Å². The van der Waals surface area contributed by atoms with Crippen LogP contribution in [0.15, 0.2) is 30.3 Å². The first-order valence-corrected chi connectivity index (χ1v) is 7.18. The SMILES string of the molecule is CCc1ccc(C(=O)Nc2ccc(C(=O)O)c(OC)c2)s1. The van der Waals surface area contributed by atoms with Crippen molar-refractivity contribution in [1.29, 1.82) is 0 Å². The smallest absolute Gasteiger partial charge is 0.339 e. The summed E-state index contributed by atoms with van der Waals surface area (Å²) in [6, 6.07) is 8.14. The zero-order chi connectivity index (χ0) is 15.4. The largest absolute Gasteiger partial charge is 0.496 e. The number of carboxylic acid groups (broad SMARTS) is 1. The van der Waals surface area contributed by atoms with Crippen molar-refractivity contribution in [2.45, 2.75) is 13.3 Å². The van der Waals surface area contributed by atoms with Crippen LogP contribution in [0.4, 0.5) is 5.69 Å². The Morgan fingerprint density at radius 2 is 2.05 bits per heavy atom. The Hall–Kier alpha value is -2.34. The van der Waals surface area contributed by atoms with Crippen LogP contribution in [-0.4, -0.2) is 24.1 Å². The number of aryl methyl sites for hydroxylation is 1. The van der Waals surface area contributed by atoms with Gasteiger partial charge >= 0.3 is 5.97 Å². The van der Waals surface area contributed by atoms with Crippen molar-refractivity contribution < 1.29 is 19.4 Å². The molecule has 0 saturated carbocycles. The molecule has 0 aliphatic carbocycles. The van der Waals surface area contributed by atoms with Gasteiger partial charge in [-0.3, -0.25) is 4.79 Å². The van der Waals surface area contributed by atoms with Crippen LogP contribution < -0.4 is 10.1 Å². The highest BCUT2D eigenvalue weighted by atomic mass is 32.1. The number of hydrogen-bond donors (Lipinski definition) is 2. The molecule has 0 fully saturated rings. The molecule has 0 unspecified atom stereocenters. The summed E-state index contributed by atoms with van der Waals surface area (Å²) < 4.78 is 5.03. The molecule has 1 aromatic heterocycles. The van der Waals surface area contributed by atoms with Gasteiger partial charge in [-0.05, 0) is 30.7 Å². The lowest BCUT2D eigenvalue weighted by Gasteiger charge is -2.08. The normalized spacial score (nSPS) is 10.2.